The minimum atomic E-state index is 0.0914. The Balaban J connectivity index is 2.46. The minimum Gasteiger partial charge on any atom is -0.392 e. The van der Waals surface area contributed by atoms with Gasteiger partial charge in [-0.25, -0.2) is 0 Å². The third-order valence-electron chi connectivity index (χ3n) is 2.45. The maximum Gasteiger partial charge on any atom is 0.0681 e. The van der Waals surface area contributed by atoms with Crippen molar-refractivity contribution in [2.75, 3.05) is 0 Å². The van der Waals surface area contributed by atoms with Gasteiger partial charge in [0.2, 0.25) is 0 Å². The van der Waals surface area contributed by atoms with Gasteiger partial charge in [-0.2, -0.15) is 0 Å². The Labute approximate surface area is 89.2 Å². The molecule has 1 aromatic heterocycles. The average Bonchev–Trinajstić information content (AvgIpc) is 2.30. The van der Waals surface area contributed by atoms with Crippen LogP contribution in [-0.4, -0.2) is 10.1 Å². The van der Waals surface area contributed by atoms with Crippen LogP contribution >= 0.6 is 0 Å². The fourth-order valence-electron chi connectivity index (χ4n) is 1.67. The number of aliphatic hydroxyl groups is 1. The molecule has 0 spiro atoms. The van der Waals surface area contributed by atoms with Crippen LogP contribution in [0, 0.1) is 6.92 Å². The summed E-state index contributed by atoms with van der Waals surface area (Å²) in [5, 5.41) is 9.01. The molecule has 0 aliphatic heterocycles. The molecule has 0 aliphatic carbocycles. The Bertz CT molecular complexity index is 451. The molecule has 0 amide bonds. The Morgan fingerprint density at radius 1 is 1.27 bits per heavy atom. The van der Waals surface area contributed by atoms with Crippen LogP contribution in [0.5, 0.6) is 0 Å². The highest BCUT2D eigenvalue weighted by atomic mass is 16.3. The third kappa shape index (κ3) is 2.05. The Morgan fingerprint density at radius 2 is 2.13 bits per heavy atom. The number of rotatable bonds is 2. The number of nitrogens with zero attached hydrogens (tertiary/aromatic N) is 1. The first kappa shape index (κ1) is 9.87. The predicted octanol–water partition coefficient (Wildman–Crippen LogP) is 2.55. The normalized spacial score (nSPS) is 10.3. The minimum absolute atomic E-state index is 0.0914. The number of aromatic nitrogens is 1. The highest BCUT2D eigenvalue weighted by Crippen LogP contribution is 2.23. The van der Waals surface area contributed by atoms with E-state index in [9.17, 15) is 0 Å². The van der Waals surface area contributed by atoms with Gasteiger partial charge >= 0.3 is 0 Å². The lowest BCUT2D eigenvalue weighted by atomic mass is 10.00. The second kappa shape index (κ2) is 4.24. The van der Waals surface area contributed by atoms with E-state index in [1.54, 1.807) is 6.20 Å². The summed E-state index contributed by atoms with van der Waals surface area (Å²) in [4.78, 5) is 4.10. The van der Waals surface area contributed by atoms with E-state index in [0.717, 1.165) is 16.7 Å². The lowest BCUT2D eigenvalue weighted by molar-refractivity contribution is 0.282. The van der Waals surface area contributed by atoms with Gasteiger partial charge in [0.05, 0.1) is 6.61 Å². The summed E-state index contributed by atoms with van der Waals surface area (Å²) in [6.07, 6.45) is 3.61. The van der Waals surface area contributed by atoms with E-state index in [1.165, 1.54) is 5.56 Å². The highest BCUT2D eigenvalue weighted by molar-refractivity contribution is 5.66. The van der Waals surface area contributed by atoms with Crippen LogP contribution in [0.2, 0.25) is 0 Å². The largest absolute Gasteiger partial charge is 0.392 e. The van der Waals surface area contributed by atoms with Gasteiger partial charge in [0.15, 0.2) is 0 Å². The van der Waals surface area contributed by atoms with E-state index in [-0.39, 0.29) is 6.61 Å². The molecule has 1 aromatic carbocycles. The fraction of sp³-hybridized carbons (Fsp3) is 0.154. The molecule has 2 aromatic rings. The first-order valence-corrected chi connectivity index (χ1v) is 4.92. The maximum atomic E-state index is 9.01. The standard InChI is InChI=1S/C13H13NO/c1-10-7-11(9-15)4-5-13(10)12-3-2-6-14-8-12/h2-8,15H,9H2,1H3. The number of aliphatic hydroxyl groups excluding tert-OH is 1. The van der Waals surface area contributed by atoms with Crippen molar-refractivity contribution in [3.63, 3.8) is 0 Å². The van der Waals surface area contributed by atoms with E-state index < -0.39 is 0 Å². The maximum absolute atomic E-state index is 9.01. The topological polar surface area (TPSA) is 33.1 Å². The average molecular weight is 199 g/mol. The molecule has 1 heterocycles. The van der Waals surface area contributed by atoms with Gasteiger partial charge in [-0.3, -0.25) is 4.98 Å². The summed E-state index contributed by atoms with van der Waals surface area (Å²) in [7, 11) is 0. The lowest BCUT2D eigenvalue weighted by Crippen LogP contribution is -1.88. The van der Waals surface area contributed by atoms with Crippen molar-refractivity contribution in [2.24, 2.45) is 0 Å². The second-order valence-corrected chi connectivity index (χ2v) is 3.55. The molecule has 0 unspecified atom stereocenters. The summed E-state index contributed by atoms with van der Waals surface area (Å²) in [6.45, 7) is 2.13. The zero-order valence-electron chi connectivity index (χ0n) is 8.64. The van der Waals surface area contributed by atoms with Crippen LogP contribution in [0.15, 0.2) is 42.7 Å². The molecule has 76 valence electrons. The highest BCUT2D eigenvalue weighted by Gasteiger charge is 2.02. The summed E-state index contributed by atoms with van der Waals surface area (Å²) in [5.41, 5.74) is 4.38. The van der Waals surface area contributed by atoms with Crippen molar-refractivity contribution in [3.05, 3.63) is 53.9 Å². The predicted molar refractivity (Wildman–Crippen MR) is 60.3 cm³/mol. The Kier molecular flexibility index (Phi) is 2.79. The van der Waals surface area contributed by atoms with Gasteiger partial charge in [0.1, 0.15) is 0 Å². The molecule has 0 atom stereocenters. The molecule has 0 saturated carbocycles. The third-order valence-corrected chi connectivity index (χ3v) is 2.45. The molecule has 0 aliphatic rings. The number of aryl methyl sites for hydroxylation is 1. The van der Waals surface area contributed by atoms with E-state index >= 15 is 0 Å². The summed E-state index contributed by atoms with van der Waals surface area (Å²) >= 11 is 0. The van der Waals surface area contributed by atoms with E-state index in [0.29, 0.717) is 0 Å². The number of pyridine rings is 1. The van der Waals surface area contributed by atoms with Crippen molar-refractivity contribution < 1.29 is 5.11 Å². The van der Waals surface area contributed by atoms with Crippen LogP contribution < -0.4 is 0 Å². The molecule has 0 saturated heterocycles. The van der Waals surface area contributed by atoms with Gasteiger partial charge in [-0.05, 0) is 29.7 Å². The molecule has 2 rings (SSSR count). The SMILES string of the molecule is Cc1cc(CO)ccc1-c1cccnc1. The van der Waals surface area contributed by atoms with Crippen molar-refractivity contribution in [3.8, 4) is 11.1 Å². The zero-order valence-corrected chi connectivity index (χ0v) is 8.64. The van der Waals surface area contributed by atoms with E-state index in [1.807, 2.05) is 43.5 Å². The van der Waals surface area contributed by atoms with Crippen molar-refractivity contribution >= 4 is 0 Å². The van der Waals surface area contributed by atoms with Crippen molar-refractivity contribution in [2.45, 2.75) is 13.5 Å². The molecule has 2 nitrogen and oxygen atoms in total. The molecule has 2 heteroatoms. The van der Waals surface area contributed by atoms with Gasteiger partial charge in [0, 0.05) is 18.0 Å². The number of benzene rings is 1. The van der Waals surface area contributed by atoms with Gasteiger partial charge < -0.3 is 5.11 Å². The summed E-state index contributed by atoms with van der Waals surface area (Å²) in [5.74, 6) is 0. The molecule has 0 bridgehead atoms. The van der Waals surface area contributed by atoms with Gasteiger partial charge in [0.25, 0.3) is 0 Å². The molecule has 0 fully saturated rings. The van der Waals surface area contributed by atoms with Gasteiger partial charge in [-0.1, -0.05) is 24.3 Å². The Morgan fingerprint density at radius 3 is 2.73 bits per heavy atom. The smallest absolute Gasteiger partial charge is 0.0681 e. The molecular weight excluding hydrogens is 186 g/mol. The lowest BCUT2D eigenvalue weighted by Gasteiger charge is -2.06. The van der Waals surface area contributed by atoms with Gasteiger partial charge in [-0.15, -0.1) is 0 Å². The monoisotopic (exact) mass is 199 g/mol. The number of hydrogen-bond donors (Lipinski definition) is 1. The number of hydrogen-bond acceptors (Lipinski definition) is 2. The first-order valence-electron chi connectivity index (χ1n) is 4.92. The molecular formula is C13H13NO. The van der Waals surface area contributed by atoms with Crippen LogP contribution in [0.3, 0.4) is 0 Å². The first-order chi connectivity index (χ1) is 7.31. The summed E-state index contributed by atoms with van der Waals surface area (Å²) < 4.78 is 0. The zero-order chi connectivity index (χ0) is 10.7. The van der Waals surface area contributed by atoms with E-state index in [2.05, 4.69) is 4.98 Å². The fourth-order valence-corrected chi connectivity index (χ4v) is 1.67. The van der Waals surface area contributed by atoms with Crippen LogP contribution in [0.4, 0.5) is 0 Å². The van der Waals surface area contributed by atoms with Crippen LogP contribution in [-0.2, 0) is 6.61 Å². The molecule has 0 radical (unpaired) electrons. The quantitative estimate of drug-likeness (QED) is 0.806. The molecule has 1 N–H and O–H groups in total. The second-order valence-electron chi connectivity index (χ2n) is 3.55. The van der Waals surface area contributed by atoms with Crippen LogP contribution in [0.25, 0.3) is 11.1 Å². The van der Waals surface area contributed by atoms with Crippen molar-refractivity contribution in [1.82, 2.24) is 4.98 Å². The van der Waals surface area contributed by atoms with Crippen molar-refractivity contribution in [1.29, 1.82) is 0 Å². The van der Waals surface area contributed by atoms with E-state index in [4.69, 9.17) is 5.11 Å². The molecule has 15 heavy (non-hydrogen) atoms. The Hall–Kier alpha value is -1.67. The van der Waals surface area contributed by atoms with Crippen LogP contribution in [0.1, 0.15) is 11.1 Å². The summed E-state index contributed by atoms with van der Waals surface area (Å²) in [6, 6.07) is 9.93.